The quantitative estimate of drug-likeness (QED) is 0.215. The van der Waals surface area contributed by atoms with Gasteiger partial charge in [-0.3, -0.25) is 0 Å². The second-order valence-electron chi connectivity index (χ2n) is 8.52. The van der Waals surface area contributed by atoms with Crippen LogP contribution in [0.5, 0.6) is 17.2 Å². The van der Waals surface area contributed by atoms with E-state index in [-0.39, 0.29) is 6.10 Å². The SMILES string of the molecule is COc1cc(/C=C/C2OCc3cc(OCc4ccccc4)ccc32)c(Br)cc1OCc1ccccc1. The van der Waals surface area contributed by atoms with Gasteiger partial charge in [0.05, 0.1) is 13.7 Å². The monoisotopic (exact) mass is 542 g/mol. The van der Waals surface area contributed by atoms with Crippen molar-refractivity contribution >= 4 is 22.0 Å². The van der Waals surface area contributed by atoms with Gasteiger partial charge in [-0.05, 0) is 52.1 Å². The van der Waals surface area contributed by atoms with Crippen LogP contribution in [-0.2, 0) is 24.6 Å². The van der Waals surface area contributed by atoms with Gasteiger partial charge < -0.3 is 18.9 Å². The average molecular weight is 543 g/mol. The molecule has 1 aliphatic rings. The summed E-state index contributed by atoms with van der Waals surface area (Å²) in [6, 6.07) is 30.3. The van der Waals surface area contributed by atoms with Gasteiger partial charge in [-0.15, -0.1) is 0 Å². The number of benzene rings is 4. The third-order valence-electron chi connectivity index (χ3n) is 6.06. The van der Waals surface area contributed by atoms with Crippen molar-refractivity contribution in [3.8, 4) is 17.2 Å². The predicted molar refractivity (Wildman–Crippen MR) is 145 cm³/mol. The van der Waals surface area contributed by atoms with E-state index in [1.807, 2.05) is 72.8 Å². The predicted octanol–water partition coefficient (Wildman–Crippen LogP) is 7.90. The van der Waals surface area contributed by atoms with Gasteiger partial charge in [0.25, 0.3) is 0 Å². The summed E-state index contributed by atoms with van der Waals surface area (Å²) in [6.45, 7) is 1.58. The van der Waals surface area contributed by atoms with Gasteiger partial charge in [0.15, 0.2) is 11.5 Å². The second-order valence-corrected chi connectivity index (χ2v) is 9.38. The molecule has 5 rings (SSSR count). The average Bonchev–Trinajstić information content (AvgIpc) is 3.33. The fourth-order valence-corrected chi connectivity index (χ4v) is 4.58. The summed E-state index contributed by atoms with van der Waals surface area (Å²) in [5.74, 6) is 2.22. The molecular weight excluding hydrogens is 516 g/mol. The molecule has 0 spiro atoms. The van der Waals surface area contributed by atoms with E-state index in [0.717, 1.165) is 38.0 Å². The van der Waals surface area contributed by atoms with Crippen molar-refractivity contribution in [1.29, 1.82) is 0 Å². The Morgan fingerprint density at radius 2 is 1.53 bits per heavy atom. The highest BCUT2D eigenvalue weighted by molar-refractivity contribution is 9.10. The number of hydrogen-bond donors (Lipinski definition) is 0. The van der Waals surface area contributed by atoms with Crippen molar-refractivity contribution in [2.75, 3.05) is 7.11 Å². The lowest BCUT2D eigenvalue weighted by atomic mass is 10.0. The minimum Gasteiger partial charge on any atom is -0.493 e. The van der Waals surface area contributed by atoms with Gasteiger partial charge in [0.2, 0.25) is 0 Å². The van der Waals surface area contributed by atoms with Crippen LogP contribution < -0.4 is 14.2 Å². The molecule has 36 heavy (non-hydrogen) atoms. The van der Waals surface area contributed by atoms with Crippen LogP contribution in [0.4, 0.5) is 0 Å². The van der Waals surface area contributed by atoms with Gasteiger partial charge in [0.1, 0.15) is 25.1 Å². The fraction of sp³-hybridized carbons (Fsp3) is 0.161. The van der Waals surface area contributed by atoms with Crippen LogP contribution in [0, 0.1) is 0 Å². The number of ether oxygens (including phenoxy) is 4. The van der Waals surface area contributed by atoms with Crippen molar-refractivity contribution in [1.82, 2.24) is 0 Å². The number of methoxy groups -OCH3 is 1. The molecule has 0 fully saturated rings. The van der Waals surface area contributed by atoms with E-state index in [4.69, 9.17) is 18.9 Å². The van der Waals surface area contributed by atoms with Crippen molar-refractivity contribution < 1.29 is 18.9 Å². The normalized spacial score (nSPS) is 14.6. The first-order valence-corrected chi connectivity index (χ1v) is 12.6. The molecule has 0 N–H and O–H groups in total. The smallest absolute Gasteiger partial charge is 0.162 e. The fourth-order valence-electron chi connectivity index (χ4n) is 4.12. The summed E-state index contributed by atoms with van der Waals surface area (Å²) >= 11 is 3.68. The van der Waals surface area contributed by atoms with E-state index in [0.29, 0.717) is 31.3 Å². The maximum atomic E-state index is 6.06. The molecule has 1 unspecified atom stereocenters. The summed E-state index contributed by atoms with van der Waals surface area (Å²) in [5.41, 5.74) is 5.54. The summed E-state index contributed by atoms with van der Waals surface area (Å²) in [4.78, 5) is 0. The highest BCUT2D eigenvalue weighted by atomic mass is 79.9. The van der Waals surface area contributed by atoms with Crippen LogP contribution in [0.25, 0.3) is 6.08 Å². The Kier molecular flexibility index (Phi) is 7.70. The lowest BCUT2D eigenvalue weighted by molar-refractivity contribution is 0.0996. The molecular formula is C31H27BrO4. The molecule has 0 aliphatic carbocycles. The van der Waals surface area contributed by atoms with Crippen molar-refractivity contribution in [3.05, 3.63) is 129 Å². The Labute approximate surface area is 220 Å². The van der Waals surface area contributed by atoms with Crippen molar-refractivity contribution in [3.63, 3.8) is 0 Å². The molecule has 4 nitrogen and oxygen atoms in total. The molecule has 1 heterocycles. The maximum Gasteiger partial charge on any atom is 0.162 e. The highest BCUT2D eigenvalue weighted by Gasteiger charge is 2.21. The molecule has 4 aromatic carbocycles. The topological polar surface area (TPSA) is 36.9 Å². The third-order valence-corrected chi connectivity index (χ3v) is 6.75. The zero-order chi connectivity index (χ0) is 24.7. The molecule has 0 aromatic heterocycles. The van der Waals surface area contributed by atoms with Crippen molar-refractivity contribution in [2.24, 2.45) is 0 Å². The first kappa shape index (κ1) is 24.2. The summed E-state index contributed by atoms with van der Waals surface area (Å²) in [5, 5.41) is 0. The molecule has 1 atom stereocenters. The van der Waals surface area contributed by atoms with Crippen LogP contribution in [0.2, 0.25) is 0 Å². The molecule has 1 aliphatic heterocycles. The highest BCUT2D eigenvalue weighted by Crippen LogP contribution is 2.37. The number of fused-ring (bicyclic) bond motifs is 1. The molecule has 0 saturated carbocycles. The van der Waals surface area contributed by atoms with Gasteiger partial charge in [-0.2, -0.15) is 0 Å². The van der Waals surface area contributed by atoms with Crippen LogP contribution in [-0.4, -0.2) is 7.11 Å². The van der Waals surface area contributed by atoms with Crippen molar-refractivity contribution in [2.45, 2.75) is 25.9 Å². The summed E-state index contributed by atoms with van der Waals surface area (Å²) in [7, 11) is 1.65. The maximum absolute atomic E-state index is 6.06. The Balaban J connectivity index is 1.26. The van der Waals surface area contributed by atoms with Crippen LogP contribution in [0.15, 0.2) is 102 Å². The van der Waals surface area contributed by atoms with E-state index in [9.17, 15) is 0 Å². The van der Waals surface area contributed by atoms with Gasteiger partial charge >= 0.3 is 0 Å². The van der Waals surface area contributed by atoms with Crippen LogP contribution >= 0.6 is 15.9 Å². The zero-order valence-electron chi connectivity index (χ0n) is 20.0. The molecule has 182 valence electrons. The molecule has 0 amide bonds. The number of halogens is 1. The van der Waals surface area contributed by atoms with Gasteiger partial charge in [0, 0.05) is 4.47 Å². The largest absolute Gasteiger partial charge is 0.493 e. The van der Waals surface area contributed by atoms with Gasteiger partial charge in [-0.1, -0.05) is 94.8 Å². The Bertz CT molecular complexity index is 1340. The van der Waals surface area contributed by atoms with E-state index in [1.54, 1.807) is 7.11 Å². The standard InChI is InChI=1S/C31H27BrO4/c1-33-30-17-24(28(32)18-31(30)35-20-23-10-6-3-7-11-23)12-15-29-27-14-13-26(16-25(27)21-36-29)34-19-22-8-4-2-5-9-22/h2-18,29H,19-21H2,1H3/b15-12+. The van der Waals surface area contributed by atoms with Gasteiger partial charge in [-0.25, -0.2) is 0 Å². The number of hydrogen-bond acceptors (Lipinski definition) is 4. The molecule has 0 radical (unpaired) electrons. The molecule has 4 aromatic rings. The van der Waals surface area contributed by atoms with Crippen LogP contribution in [0.1, 0.15) is 33.9 Å². The first-order chi connectivity index (χ1) is 17.7. The minimum absolute atomic E-state index is 0.116. The molecule has 5 heteroatoms. The van der Waals surface area contributed by atoms with Crippen LogP contribution in [0.3, 0.4) is 0 Å². The van der Waals surface area contributed by atoms with E-state index in [1.165, 1.54) is 0 Å². The molecule has 0 bridgehead atoms. The minimum atomic E-state index is -0.116. The van der Waals surface area contributed by atoms with E-state index >= 15 is 0 Å². The lowest BCUT2D eigenvalue weighted by Gasteiger charge is -2.13. The Hall–Kier alpha value is -3.54. The summed E-state index contributed by atoms with van der Waals surface area (Å²) < 4.78 is 24.6. The molecule has 0 saturated heterocycles. The zero-order valence-corrected chi connectivity index (χ0v) is 21.6. The second kappa shape index (κ2) is 11.5. The third kappa shape index (κ3) is 5.81. The van der Waals surface area contributed by atoms with E-state index in [2.05, 4.69) is 46.3 Å². The van der Waals surface area contributed by atoms with E-state index < -0.39 is 0 Å². The lowest BCUT2D eigenvalue weighted by Crippen LogP contribution is -1.98. The Morgan fingerprint density at radius 3 is 2.22 bits per heavy atom. The Morgan fingerprint density at radius 1 is 0.833 bits per heavy atom. The summed E-state index contributed by atoms with van der Waals surface area (Å²) in [6.07, 6.45) is 4.00. The first-order valence-electron chi connectivity index (χ1n) is 11.8. The number of rotatable bonds is 9.